The second-order valence-electron chi connectivity index (χ2n) is 10.0. The van der Waals surface area contributed by atoms with E-state index in [1.165, 1.54) is 32.1 Å². The summed E-state index contributed by atoms with van der Waals surface area (Å²) in [6.07, 6.45) is 1.70. The molecule has 6 aromatic rings. The highest BCUT2D eigenvalue weighted by Crippen LogP contribution is 2.52. The van der Waals surface area contributed by atoms with Crippen molar-refractivity contribution < 1.29 is 9.47 Å². The number of rotatable bonds is 10. The summed E-state index contributed by atoms with van der Waals surface area (Å²) >= 11 is 6.25. The Labute approximate surface area is 280 Å². The first-order chi connectivity index (χ1) is 22.3. The van der Waals surface area contributed by atoms with Gasteiger partial charge < -0.3 is 28.3 Å². The van der Waals surface area contributed by atoms with Crippen molar-refractivity contribution in [2.24, 2.45) is 24.1 Å². The van der Waals surface area contributed by atoms with E-state index in [4.69, 9.17) is 22.6 Å². The van der Waals surface area contributed by atoms with Crippen LogP contribution in [0.1, 0.15) is 26.7 Å². The van der Waals surface area contributed by atoms with E-state index in [0.717, 1.165) is 54.4 Å². The Bertz CT molecular complexity index is 2350. The van der Waals surface area contributed by atoms with E-state index >= 15 is 0 Å². The highest BCUT2D eigenvalue weighted by Gasteiger charge is 2.26. The second-order valence-corrected chi connectivity index (χ2v) is 14.2. The first-order valence-electron chi connectivity index (χ1n) is 14.1. The molecule has 0 amide bonds. The molecule has 6 heterocycles. The number of nitriles is 2. The number of nitrogens with zero attached hydrogens (tertiary/aromatic N) is 8. The van der Waals surface area contributed by atoms with Crippen LogP contribution in [0.25, 0.3) is 60.7 Å². The van der Waals surface area contributed by atoms with Crippen LogP contribution in [-0.4, -0.2) is 34.0 Å². The van der Waals surface area contributed by atoms with E-state index < -0.39 is 0 Å². The van der Waals surface area contributed by atoms with E-state index in [2.05, 4.69) is 48.0 Å². The van der Waals surface area contributed by atoms with Gasteiger partial charge >= 0.3 is 11.7 Å². The van der Waals surface area contributed by atoms with Gasteiger partial charge in [-0.3, -0.25) is 0 Å². The van der Waals surface area contributed by atoms with Crippen molar-refractivity contribution in [3.8, 4) is 44.0 Å². The molecule has 6 aromatic heterocycles. The molecule has 0 aromatic carbocycles. The first kappa shape index (κ1) is 31.0. The molecule has 0 saturated carbocycles. The Hall–Kier alpha value is -4.96. The number of aromatic nitrogens is 2. The molecule has 0 saturated heterocycles. The summed E-state index contributed by atoms with van der Waals surface area (Å²) in [4.78, 5) is 17.7. The van der Waals surface area contributed by atoms with E-state index in [1.54, 1.807) is 28.7 Å². The average Bonchev–Trinajstić information content (AvgIpc) is 3.89. The lowest BCUT2D eigenvalue weighted by Gasteiger charge is -2.07. The third-order valence-corrected chi connectivity index (χ3v) is 11.7. The van der Waals surface area contributed by atoms with Gasteiger partial charge in [0.2, 0.25) is 10.0 Å². The van der Waals surface area contributed by atoms with Crippen LogP contribution in [0.15, 0.2) is 34.3 Å². The summed E-state index contributed by atoms with van der Waals surface area (Å²) in [6.45, 7) is 19.6. The Balaban J connectivity index is 1.47. The fourth-order valence-electron chi connectivity index (χ4n) is 5.08. The van der Waals surface area contributed by atoms with Crippen LogP contribution < -0.4 is 9.47 Å². The summed E-state index contributed by atoms with van der Waals surface area (Å²) in [6, 6.07) is 11.6. The maximum Gasteiger partial charge on any atom is 0.350 e. The molecular formula is C32H24N8O2S4. The van der Waals surface area contributed by atoms with Gasteiger partial charge in [0.1, 0.15) is 23.6 Å². The maximum atomic E-state index is 9.23. The fourth-order valence-corrected chi connectivity index (χ4v) is 9.82. The zero-order valence-corrected chi connectivity index (χ0v) is 28.4. The molecule has 228 valence electrons. The summed E-state index contributed by atoms with van der Waals surface area (Å²) in [7, 11) is 4.13. The monoisotopic (exact) mass is 680 g/mol. The zero-order chi connectivity index (χ0) is 32.5. The van der Waals surface area contributed by atoms with Gasteiger partial charge in [-0.1, -0.05) is 59.7 Å². The number of amidine groups is 2. The first-order valence-corrected chi connectivity index (χ1v) is 17.4. The number of hydrogen-bond donors (Lipinski definition) is 0. The lowest BCUT2D eigenvalue weighted by molar-refractivity contribution is 0.320. The van der Waals surface area contributed by atoms with Crippen LogP contribution in [0.3, 0.4) is 0 Å². The van der Waals surface area contributed by atoms with Crippen molar-refractivity contribution in [1.82, 2.24) is 9.13 Å². The standard InChI is InChI=1S/C32H24N8O2S4/c1-7-9-41-19-13-25(37-23(15-33)35-3)45-29(19)17-11-21-27(39(17)5)28-32(43-21)30-18(40(28)6)12-22(44-30)31-20(42-10-8-2)14-26(46-31)38-24(16-34)36-4/h11-14H,7-10H2,1-2,5-6H3. The molecule has 0 spiro atoms. The van der Waals surface area contributed by atoms with Gasteiger partial charge in [-0.05, 0) is 25.0 Å². The zero-order valence-electron chi connectivity index (χ0n) is 25.2. The minimum atomic E-state index is -0.210. The van der Waals surface area contributed by atoms with Crippen LogP contribution >= 0.6 is 45.3 Å². The third kappa shape index (κ3) is 5.32. The number of aryl methyl sites for hydroxylation is 2. The Kier molecular flexibility index (Phi) is 8.64. The van der Waals surface area contributed by atoms with Gasteiger partial charge in [0.05, 0.1) is 64.2 Å². The van der Waals surface area contributed by atoms with Crippen molar-refractivity contribution in [3.63, 3.8) is 0 Å². The third-order valence-electron chi connectivity index (χ3n) is 7.06. The molecule has 0 atom stereocenters. The molecule has 46 heavy (non-hydrogen) atoms. The predicted molar refractivity (Wildman–Crippen MR) is 189 cm³/mol. The predicted octanol–water partition coefficient (Wildman–Crippen LogP) is 9.93. The van der Waals surface area contributed by atoms with Gasteiger partial charge in [-0.25, -0.2) is 10.5 Å². The van der Waals surface area contributed by atoms with E-state index in [1.807, 2.05) is 39.1 Å². The molecular weight excluding hydrogens is 657 g/mol. The van der Waals surface area contributed by atoms with E-state index in [-0.39, 0.29) is 11.7 Å². The highest BCUT2D eigenvalue weighted by atomic mass is 32.1. The Morgan fingerprint density at radius 2 is 1.37 bits per heavy atom. The van der Waals surface area contributed by atoms with Gasteiger partial charge in [-0.2, -0.15) is 0 Å². The highest BCUT2D eigenvalue weighted by molar-refractivity contribution is 7.33. The molecule has 0 aliphatic rings. The Morgan fingerprint density at radius 3 is 1.93 bits per heavy atom. The van der Waals surface area contributed by atoms with Crippen LogP contribution in [0.2, 0.25) is 0 Å². The van der Waals surface area contributed by atoms with Gasteiger partial charge in [0, 0.05) is 26.2 Å². The van der Waals surface area contributed by atoms with Crippen LogP contribution in [-0.2, 0) is 14.1 Å². The molecule has 10 nitrogen and oxygen atoms in total. The smallest absolute Gasteiger partial charge is 0.350 e. The quantitative estimate of drug-likeness (QED) is 0.0815. The van der Waals surface area contributed by atoms with Crippen LogP contribution in [0, 0.1) is 35.8 Å². The summed E-state index contributed by atoms with van der Waals surface area (Å²) in [5.74, 6) is 0.978. The molecule has 0 bridgehead atoms. The summed E-state index contributed by atoms with van der Waals surface area (Å²) in [5.41, 5.74) is 4.34. The molecule has 14 heteroatoms. The molecule has 0 aliphatic heterocycles. The van der Waals surface area contributed by atoms with Crippen molar-refractivity contribution in [2.45, 2.75) is 26.7 Å². The minimum absolute atomic E-state index is 0.205. The van der Waals surface area contributed by atoms with Crippen molar-refractivity contribution in [2.75, 3.05) is 13.2 Å². The fraction of sp³-hybridized carbons (Fsp3) is 0.250. The molecule has 0 fully saturated rings. The second kappa shape index (κ2) is 12.8. The number of hydrogen-bond acceptors (Lipinski definition) is 10. The number of thiophene rings is 4. The molecule has 6 rings (SSSR count). The molecule has 0 unspecified atom stereocenters. The van der Waals surface area contributed by atoms with Crippen molar-refractivity contribution >= 4 is 97.7 Å². The largest absolute Gasteiger partial charge is 0.492 e. The average molecular weight is 681 g/mol. The number of ether oxygens (including phenoxy) is 2. The normalized spacial score (nSPS) is 12.0. The van der Waals surface area contributed by atoms with Crippen LogP contribution in [0.5, 0.6) is 11.5 Å². The number of aliphatic imine (C=N–C) groups is 2. The van der Waals surface area contributed by atoms with Crippen LogP contribution in [0.4, 0.5) is 10.0 Å². The lowest BCUT2D eigenvalue weighted by atomic mass is 10.3. The van der Waals surface area contributed by atoms with Crippen molar-refractivity contribution in [3.05, 3.63) is 47.1 Å². The molecule has 0 aliphatic carbocycles. The van der Waals surface area contributed by atoms with Gasteiger partial charge in [0.25, 0.3) is 0 Å². The lowest BCUT2D eigenvalue weighted by Crippen LogP contribution is -1.97. The van der Waals surface area contributed by atoms with E-state index in [0.29, 0.717) is 34.7 Å². The summed E-state index contributed by atoms with van der Waals surface area (Å²) in [5, 5.41) is 19.6. The van der Waals surface area contributed by atoms with Gasteiger partial charge in [-0.15, -0.1) is 22.7 Å². The summed E-state index contributed by atoms with van der Waals surface area (Å²) < 4.78 is 20.1. The number of fused-ring (bicyclic) bond motifs is 5. The van der Waals surface area contributed by atoms with E-state index in [9.17, 15) is 10.5 Å². The van der Waals surface area contributed by atoms with Gasteiger partial charge in [0.15, 0.2) is 0 Å². The Morgan fingerprint density at radius 1 is 0.783 bits per heavy atom. The molecule has 0 N–H and O–H groups in total. The minimum Gasteiger partial charge on any atom is -0.492 e. The topological polar surface area (TPSA) is 109 Å². The molecule has 0 radical (unpaired) electrons. The maximum absolute atomic E-state index is 9.23. The SMILES string of the molecule is [C-]#[N+]C(C#N)=Nc1cc(OCCC)c(-c2cc3c(s2)c2sc4cc(-c5sc(N=C(C#N)[N+]#[C-])cc5OCCC)n(C)c4c2n3C)s1. The van der Waals surface area contributed by atoms with Crippen molar-refractivity contribution in [1.29, 1.82) is 10.5 Å².